The third-order valence-corrected chi connectivity index (χ3v) is 6.56. The van der Waals surface area contributed by atoms with E-state index in [0.717, 1.165) is 26.0 Å². The van der Waals surface area contributed by atoms with Crippen molar-refractivity contribution in [1.82, 2.24) is 9.78 Å². The number of aromatic nitrogens is 2. The van der Waals surface area contributed by atoms with Crippen LogP contribution in [-0.4, -0.2) is 15.7 Å². The monoisotopic (exact) mass is 411 g/mol. The van der Waals surface area contributed by atoms with Crippen molar-refractivity contribution in [2.24, 2.45) is 0 Å². The molecule has 0 radical (unpaired) electrons. The van der Waals surface area contributed by atoms with E-state index < -0.39 is 6.04 Å². The summed E-state index contributed by atoms with van der Waals surface area (Å²) in [6.07, 6.45) is 0. The highest BCUT2D eigenvalue weighted by Crippen LogP contribution is 2.33. The number of anilines is 1. The van der Waals surface area contributed by atoms with Gasteiger partial charge in [-0.2, -0.15) is 5.10 Å². The SMILES string of the molecule is Cc1c(Cl)cccc1NC(=O)[C@H](C)n1nc(C)c2sc3ccccc3c2c1=O. The normalized spacial score (nSPS) is 12.4. The lowest BCUT2D eigenvalue weighted by Crippen LogP contribution is -2.34. The molecule has 0 aliphatic carbocycles. The Morgan fingerprint density at radius 1 is 1.18 bits per heavy atom. The third-order valence-electron chi connectivity index (χ3n) is 4.88. The standard InChI is InChI=1S/C21H18ClN3O2S/c1-11-15(22)8-6-9-16(11)23-20(26)13(3)25-21(27)18-14-7-4-5-10-17(14)28-19(18)12(2)24-25/h4-10,13H,1-3H3,(H,23,26)/t13-/m0/s1. The molecule has 0 spiro atoms. The fourth-order valence-electron chi connectivity index (χ4n) is 3.23. The van der Waals surface area contributed by atoms with Crippen LogP contribution in [0.3, 0.4) is 0 Å². The summed E-state index contributed by atoms with van der Waals surface area (Å²) in [6, 6.07) is 12.3. The van der Waals surface area contributed by atoms with Gasteiger partial charge in [0.25, 0.3) is 5.56 Å². The number of thiophene rings is 1. The maximum absolute atomic E-state index is 13.2. The molecule has 1 atom stereocenters. The Morgan fingerprint density at radius 2 is 1.93 bits per heavy atom. The first kappa shape index (κ1) is 18.7. The van der Waals surface area contributed by atoms with Crippen LogP contribution in [0.4, 0.5) is 5.69 Å². The van der Waals surface area contributed by atoms with E-state index in [1.165, 1.54) is 4.68 Å². The number of fused-ring (bicyclic) bond motifs is 3. The largest absolute Gasteiger partial charge is 0.324 e. The molecule has 2 aromatic carbocycles. The summed E-state index contributed by atoms with van der Waals surface area (Å²) in [7, 11) is 0. The minimum atomic E-state index is -0.771. The summed E-state index contributed by atoms with van der Waals surface area (Å²) >= 11 is 7.68. The van der Waals surface area contributed by atoms with Gasteiger partial charge in [0.15, 0.2) is 0 Å². The molecular weight excluding hydrogens is 394 g/mol. The number of aryl methyl sites for hydroxylation is 1. The Hall–Kier alpha value is -2.70. The summed E-state index contributed by atoms with van der Waals surface area (Å²) in [5.41, 5.74) is 1.87. The van der Waals surface area contributed by atoms with Crippen LogP contribution in [0.1, 0.15) is 24.2 Å². The minimum Gasteiger partial charge on any atom is -0.324 e. The molecule has 1 N–H and O–H groups in total. The van der Waals surface area contributed by atoms with Gasteiger partial charge in [0.05, 0.1) is 15.8 Å². The second-order valence-corrected chi connectivity index (χ2v) is 8.17. The molecule has 0 aliphatic heterocycles. The zero-order valence-corrected chi connectivity index (χ0v) is 17.2. The van der Waals surface area contributed by atoms with E-state index >= 15 is 0 Å². The predicted octanol–water partition coefficient (Wildman–Crippen LogP) is 5.08. The van der Waals surface area contributed by atoms with Gasteiger partial charge in [0.1, 0.15) is 6.04 Å². The number of carbonyl (C=O) groups excluding carboxylic acids is 1. The summed E-state index contributed by atoms with van der Waals surface area (Å²) in [6.45, 7) is 5.36. The van der Waals surface area contributed by atoms with Gasteiger partial charge in [-0.15, -0.1) is 11.3 Å². The van der Waals surface area contributed by atoms with Gasteiger partial charge in [-0.25, -0.2) is 4.68 Å². The van der Waals surface area contributed by atoms with Crippen LogP contribution in [-0.2, 0) is 4.79 Å². The number of carbonyl (C=O) groups is 1. The number of hydrogen-bond acceptors (Lipinski definition) is 4. The van der Waals surface area contributed by atoms with Crippen molar-refractivity contribution in [3.05, 3.63) is 69.1 Å². The van der Waals surface area contributed by atoms with E-state index in [9.17, 15) is 9.59 Å². The van der Waals surface area contributed by atoms with E-state index in [2.05, 4.69) is 10.4 Å². The van der Waals surface area contributed by atoms with Crippen molar-refractivity contribution >= 4 is 54.7 Å². The van der Waals surface area contributed by atoms with Crippen LogP contribution in [0, 0.1) is 13.8 Å². The van der Waals surface area contributed by atoms with Crippen LogP contribution >= 0.6 is 22.9 Å². The highest BCUT2D eigenvalue weighted by atomic mass is 35.5. The van der Waals surface area contributed by atoms with Crippen LogP contribution < -0.4 is 10.9 Å². The van der Waals surface area contributed by atoms with Crippen molar-refractivity contribution in [2.75, 3.05) is 5.32 Å². The molecule has 7 heteroatoms. The fourth-order valence-corrected chi connectivity index (χ4v) is 4.54. The van der Waals surface area contributed by atoms with E-state index in [4.69, 9.17) is 11.6 Å². The van der Waals surface area contributed by atoms with Crippen LogP contribution in [0.2, 0.25) is 5.02 Å². The summed E-state index contributed by atoms with van der Waals surface area (Å²) in [5, 5.41) is 9.36. The second kappa shape index (κ2) is 7.04. The fraction of sp³-hybridized carbons (Fsp3) is 0.190. The van der Waals surface area contributed by atoms with Gasteiger partial charge < -0.3 is 5.32 Å². The van der Waals surface area contributed by atoms with Gasteiger partial charge in [-0.05, 0) is 44.5 Å². The van der Waals surface area contributed by atoms with Gasteiger partial charge in [-0.3, -0.25) is 9.59 Å². The Labute approximate surface area is 170 Å². The molecule has 0 fully saturated rings. The lowest BCUT2D eigenvalue weighted by atomic mass is 10.1. The molecule has 0 bridgehead atoms. The molecule has 0 aliphatic rings. The average Bonchev–Trinajstić information content (AvgIpc) is 3.08. The molecule has 0 unspecified atom stereocenters. The van der Waals surface area contributed by atoms with Crippen molar-refractivity contribution in [1.29, 1.82) is 0 Å². The summed E-state index contributed by atoms with van der Waals surface area (Å²) in [4.78, 5) is 26.0. The summed E-state index contributed by atoms with van der Waals surface area (Å²) < 4.78 is 3.16. The molecule has 0 saturated heterocycles. The van der Waals surface area contributed by atoms with Crippen LogP contribution in [0.5, 0.6) is 0 Å². The maximum Gasteiger partial charge on any atom is 0.276 e. The summed E-state index contributed by atoms with van der Waals surface area (Å²) in [5.74, 6) is -0.321. The maximum atomic E-state index is 13.2. The van der Waals surface area contributed by atoms with E-state index in [1.807, 2.05) is 38.1 Å². The van der Waals surface area contributed by atoms with Crippen molar-refractivity contribution < 1.29 is 4.79 Å². The Bertz CT molecular complexity index is 1290. The Morgan fingerprint density at radius 3 is 2.71 bits per heavy atom. The first-order chi connectivity index (χ1) is 13.4. The third kappa shape index (κ3) is 2.99. The van der Waals surface area contributed by atoms with Crippen molar-refractivity contribution in [3.8, 4) is 0 Å². The quantitative estimate of drug-likeness (QED) is 0.511. The molecule has 1 amide bonds. The van der Waals surface area contributed by atoms with Gasteiger partial charge >= 0.3 is 0 Å². The van der Waals surface area contributed by atoms with E-state index in [0.29, 0.717) is 16.1 Å². The molecule has 5 nitrogen and oxygen atoms in total. The molecule has 2 aromatic heterocycles. The smallest absolute Gasteiger partial charge is 0.276 e. The number of rotatable bonds is 3. The molecule has 28 heavy (non-hydrogen) atoms. The minimum absolute atomic E-state index is 0.261. The molecule has 2 heterocycles. The molecule has 4 aromatic rings. The molecule has 0 saturated carbocycles. The zero-order chi connectivity index (χ0) is 20.0. The lowest BCUT2D eigenvalue weighted by Gasteiger charge is -2.16. The lowest BCUT2D eigenvalue weighted by molar-refractivity contribution is -0.119. The second-order valence-electron chi connectivity index (χ2n) is 6.72. The predicted molar refractivity (Wildman–Crippen MR) is 116 cm³/mol. The number of benzene rings is 2. The average molecular weight is 412 g/mol. The number of halogens is 1. The topological polar surface area (TPSA) is 64.0 Å². The number of nitrogens with zero attached hydrogens (tertiary/aromatic N) is 2. The zero-order valence-electron chi connectivity index (χ0n) is 15.6. The van der Waals surface area contributed by atoms with Crippen LogP contribution in [0.15, 0.2) is 47.3 Å². The van der Waals surface area contributed by atoms with E-state index in [-0.39, 0.29) is 11.5 Å². The molecule has 4 rings (SSSR count). The first-order valence-corrected chi connectivity index (χ1v) is 10.0. The van der Waals surface area contributed by atoms with Crippen molar-refractivity contribution in [2.45, 2.75) is 26.8 Å². The van der Waals surface area contributed by atoms with Crippen molar-refractivity contribution in [3.63, 3.8) is 0 Å². The number of hydrogen-bond donors (Lipinski definition) is 1. The van der Waals surface area contributed by atoms with Gasteiger partial charge in [0.2, 0.25) is 5.91 Å². The van der Waals surface area contributed by atoms with E-state index in [1.54, 1.807) is 36.5 Å². The van der Waals surface area contributed by atoms with Gasteiger partial charge in [-0.1, -0.05) is 35.9 Å². The Kier molecular flexibility index (Phi) is 4.69. The highest BCUT2D eigenvalue weighted by Gasteiger charge is 2.22. The molecular formula is C21H18ClN3O2S. The van der Waals surface area contributed by atoms with Crippen LogP contribution in [0.25, 0.3) is 20.2 Å². The molecule has 142 valence electrons. The highest BCUT2D eigenvalue weighted by molar-refractivity contribution is 7.26. The Balaban J connectivity index is 1.79. The van der Waals surface area contributed by atoms with Gasteiger partial charge in [0, 0.05) is 20.8 Å². The number of nitrogens with one attached hydrogen (secondary N) is 1. The first-order valence-electron chi connectivity index (χ1n) is 8.85. The number of amides is 1.